The largest absolute Gasteiger partial charge is 0.301 e. The number of likely N-dealkylation sites (tertiary alicyclic amines) is 1. The first-order valence-corrected chi connectivity index (χ1v) is 3.88. The Morgan fingerprint density at radius 3 is 2.89 bits per heavy atom. The van der Waals surface area contributed by atoms with Gasteiger partial charge in [-0.3, -0.25) is 0 Å². The topological polar surface area (TPSA) is 3.24 Å². The summed E-state index contributed by atoms with van der Waals surface area (Å²) in [6.45, 7) is 8.65. The summed E-state index contributed by atoms with van der Waals surface area (Å²) in [5, 5.41) is 0. The first kappa shape index (κ1) is 7.07. The lowest BCUT2D eigenvalue weighted by molar-refractivity contribution is 0.274. The molecule has 1 aliphatic rings. The lowest BCUT2D eigenvalue weighted by Gasteiger charge is -2.19. The summed E-state index contributed by atoms with van der Waals surface area (Å²) >= 11 is 0. The summed E-state index contributed by atoms with van der Waals surface area (Å²) in [5.74, 6) is 0. The van der Waals surface area contributed by atoms with Gasteiger partial charge in [0.2, 0.25) is 0 Å². The minimum atomic E-state index is 0.826. The second-order valence-corrected chi connectivity index (χ2v) is 2.88. The highest BCUT2D eigenvalue weighted by Crippen LogP contribution is 2.15. The van der Waals surface area contributed by atoms with Crippen LogP contribution >= 0.6 is 0 Å². The molecule has 1 saturated heterocycles. The molecule has 0 aromatic heterocycles. The average molecular weight is 126 g/mol. The van der Waals surface area contributed by atoms with Crippen LogP contribution in [0.15, 0.2) is 0 Å². The molecule has 1 aliphatic heterocycles. The van der Waals surface area contributed by atoms with Gasteiger partial charge in [0.15, 0.2) is 0 Å². The highest BCUT2D eigenvalue weighted by atomic mass is 15.2. The van der Waals surface area contributed by atoms with Crippen molar-refractivity contribution in [2.75, 3.05) is 13.1 Å². The molecule has 0 bridgehead atoms. The van der Waals surface area contributed by atoms with Gasteiger partial charge >= 0.3 is 0 Å². The first-order valence-electron chi connectivity index (χ1n) is 3.88. The molecule has 9 heavy (non-hydrogen) atoms. The molecule has 1 heteroatoms. The molecule has 0 unspecified atom stereocenters. The Balaban J connectivity index is 2.22. The lowest BCUT2D eigenvalue weighted by Crippen LogP contribution is -2.27. The van der Waals surface area contributed by atoms with Gasteiger partial charge in [-0.1, -0.05) is 6.92 Å². The Morgan fingerprint density at radius 2 is 2.44 bits per heavy atom. The fourth-order valence-corrected chi connectivity index (χ4v) is 1.53. The fraction of sp³-hybridized carbons (Fsp3) is 0.875. The number of rotatable bonds is 2. The zero-order valence-electron chi connectivity index (χ0n) is 6.27. The second kappa shape index (κ2) is 3.21. The van der Waals surface area contributed by atoms with Crippen LogP contribution < -0.4 is 0 Å². The zero-order chi connectivity index (χ0) is 6.69. The molecule has 0 aromatic carbocycles. The minimum Gasteiger partial charge on any atom is -0.301 e. The van der Waals surface area contributed by atoms with E-state index in [1.54, 1.807) is 0 Å². The van der Waals surface area contributed by atoms with Crippen LogP contribution in [0.1, 0.15) is 26.2 Å². The minimum absolute atomic E-state index is 0.826. The standard InChI is InChI=1S/C8H16N/c1-3-6-9-7-4-5-8(9)2/h8H,1,3-7H2,2H3/t8-/m1/s1. The van der Waals surface area contributed by atoms with Crippen molar-refractivity contribution in [3.05, 3.63) is 6.92 Å². The average Bonchev–Trinajstić information content (AvgIpc) is 2.18. The summed E-state index contributed by atoms with van der Waals surface area (Å²) in [6.07, 6.45) is 3.84. The smallest absolute Gasteiger partial charge is 0.00674 e. The number of hydrogen-bond acceptors (Lipinski definition) is 1. The maximum atomic E-state index is 3.84. The van der Waals surface area contributed by atoms with Gasteiger partial charge in [0.1, 0.15) is 0 Å². The zero-order valence-corrected chi connectivity index (χ0v) is 6.27. The summed E-state index contributed by atoms with van der Waals surface area (Å²) in [5.41, 5.74) is 0. The van der Waals surface area contributed by atoms with E-state index >= 15 is 0 Å². The van der Waals surface area contributed by atoms with Gasteiger partial charge in [0.25, 0.3) is 0 Å². The Kier molecular flexibility index (Phi) is 2.52. The van der Waals surface area contributed by atoms with E-state index in [0.717, 1.165) is 12.5 Å². The second-order valence-electron chi connectivity index (χ2n) is 2.88. The van der Waals surface area contributed by atoms with Gasteiger partial charge in [0.05, 0.1) is 0 Å². The van der Waals surface area contributed by atoms with Crippen LogP contribution in [0, 0.1) is 6.92 Å². The van der Waals surface area contributed by atoms with Crippen molar-refractivity contribution in [1.29, 1.82) is 0 Å². The molecule has 0 spiro atoms. The summed E-state index contributed by atoms with van der Waals surface area (Å²) < 4.78 is 0. The molecule has 1 atom stereocenters. The van der Waals surface area contributed by atoms with Gasteiger partial charge in [-0.2, -0.15) is 0 Å². The highest BCUT2D eigenvalue weighted by molar-refractivity contribution is 4.74. The molecular weight excluding hydrogens is 110 g/mol. The van der Waals surface area contributed by atoms with Gasteiger partial charge in [-0.25, -0.2) is 0 Å². The quantitative estimate of drug-likeness (QED) is 0.544. The van der Waals surface area contributed by atoms with Crippen molar-refractivity contribution >= 4 is 0 Å². The van der Waals surface area contributed by atoms with Crippen LogP contribution in [-0.2, 0) is 0 Å². The van der Waals surface area contributed by atoms with Crippen molar-refractivity contribution in [2.24, 2.45) is 0 Å². The predicted molar refractivity (Wildman–Crippen MR) is 40.2 cm³/mol. The Bertz CT molecular complexity index is 80.6. The van der Waals surface area contributed by atoms with E-state index < -0.39 is 0 Å². The molecular formula is C8H16N. The molecule has 1 rings (SSSR count). The van der Waals surface area contributed by atoms with E-state index in [0.29, 0.717) is 0 Å². The third kappa shape index (κ3) is 1.68. The van der Waals surface area contributed by atoms with Crippen LogP contribution in [0.5, 0.6) is 0 Å². The predicted octanol–water partition coefficient (Wildman–Crippen LogP) is 1.69. The molecule has 0 aliphatic carbocycles. The van der Waals surface area contributed by atoms with E-state index in [1.807, 2.05) is 0 Å². The van der Waals surface area contributed by atoms with Gasteiger partial charge in [-0.05, 0) is 39.3 Å². The first-order chi connectivity index (χ1) is 4.34. The van der Waals surface area contributed by atoms with Crippen molar-refractivity contribution in [3.8, 4) is 0 Å². The summed E-state index contributed by atoms with van der Waals surface area (Å²) in [4.78, 5) is 2.52. The van der Waals surface area contributed by atoms with Crippen molar-refractivity contribution in [2.45, 2.75) is 32.2 Å². The third-order valence-corrected chi connectivity index (χ3v) is 2.14. The molecule has 0 N–H and O–H groups in total. The van der Waals surface area contributed by atoms with E-state index in [9.17, 15) is 0 Å². The Hall–Kier alpha value is -0.0400. The molecule has 53 valence electrons. The maximum Gasteiger partial charge on any atom is 0.00674 e. The molecule has 1 radical (unpaired) electrons. The van der Waals surface area contributed by atoms with Crippen LogP contribution in [-0.4, -0.2) is 24.0 Å². The number of nitrogens with zero attached hydrogens (tertiary/aromatic N) is 1. The van der Waals surface area contributed by atoms with E-state index in [-0.39, 0.29) is 0 Å². The van der Waals surface area contributed by atoms with Crippen LogP contribution in [0.25, 0.3) is 0 Å². The van der Waals surface area contributed by atoms with E-state index in [1.165, 1.54) is 25.9 Å². The van der Waals surface area contributed by atoms with Crippen molar-refractivity contribution in [3.63, 3.8) is 0 Å². The molecule has 0 aromatic rings. The molecule has 0 saturated carbocycles. The van der Waals surface area contributed by atoms with Crippen LogP contribution in [0.4, 0.5) is 0 Å². The fourth-order valence-electron chi connectivity index (χ4n) is 1.53. The summed E-state index contributed by atoms with van der Waals surface area (Å²) in [6, 6.07) is 0.826. The van der Waals surface area contributed by atoms with Gasteiger partial charge < -0.3 is 4.90 Å². The Labute approximate surface area is 58.0 Å². The molecule has 0 amide bonds. The SMILES string of the molecule is [CH2]CCN1CCC[C@H]1C. The molecule has 1 fully saturated rings. The van der Waals surface area contributed by atoms with E-state index in [2.05, 4.69) is 18.7 Å². The molecule has 1 heterocycles. The lowest BCUT2D eigenvalue weighted by atomic mass is 10.2. The molecule has 1 nitrogen and oxygen atoms in total. The van der Waals surface area contributed by atoms with E-state index in [4.69, 9.17) is 0 Å². The van der Waals surface area contributed by atoms with Crippen molar-refractivity contribution in [1.82, 2.24) is 4.90 Å². The summed E-state index contributed by atoms with van der Waals surface area (Å²) in [7, 11) is 0. The van der Waals surface area contributed by atoms with Crippen molar-refractivity contribution < 1.29 is 0 Å². The maximum absolute atomic E-state index is 3.84. The highest BCUT2D eigenvalue weighted by Gasteiger charge is 2.17. The van der Waals surface area contributed by atoms with Gasteiger partial charge in [0, 0.05) is 6.04 Å². The van der Waals surface area contributed by atoms with Crippen LogP contribution in [0.3, 0.4) is 0 Å². The third-order valence-electron chi connectivity index (χ3n) is 2.14. The normalized spacial score (nSPS) is 29.3. The number of hydrogen-bond donors (Lipinski definition) is 0. The Morgan fingerprint density at radius 1 is 1.67 bits per heavy atom. The van der Waals surface area contributed by atoms with Gasteiger partial charge in [-0.15, -0.1) is 0 Å². The van der Waals surface area contributed by atoms with Crippen LogP contribution in [0.2, 0.25) is 0 Å². The monoisotopic (exact) mass is 126 g/mol.